The number of hydrogen-bond donors (Lipinski definition) is 0. The number of thiazole rings is 1. The van der Waals surface area contributed by atoms with Crippen LogP contribution in [0.5, 0.6) is 5.75 Å². The number of nitrogens with zero attached hydrogens (tertiary/aromatic N) is 2. The van der Waals surface area contributed by atoms with E-state index < -0.39 is 5.63 Å². The van der Waals surface area contributed by atoms with Crippen LogP contribution in [0.25, 0.3) is 33.2 Å². The first-order chi connectivity index (χ1) is 16.7. The Morgan fingerprint density at radius 1 is 1.03 bits per heavy atom. The highest BCUT2D eigenvalue weighted by Crippen LogP contribution is 2.28. The van der Waals surface area contributed by atoms with Crippen molar-refractivity contribution in [2.75, 3.05) is 0 Å². The summed E-state index contributed by atoms with van der Waals surface area (Å²) in [5.74, 6) is 0.749. The van der Waals surface area contributed by atoms with E-state index in [0.29, 0.717) is 34.0 Å². The van der Waals surface area contributed by atoms with Crippen molar-refractivity contribution < 1.29 is 9.15 Å². The molecule has 5 aromatic rings. The summed E-state index contributed by atoms with van der Waals surface area (Å²) in [5.41, 5.74) is 3.33. The lowest BCUT2D eigenvalue weighted by Crippen LogP contribution is -2.02. The molecule has 0 bridgehead atoms. The summed E-state index contributed by atoms with van der Waals surface area (Å²) >= 11 is 1.30. The minimum Gasteiger partial charge on any atom is -0.489 e. The van der Waals surface area contributed by atoms with Crippen molar-refractivity contribution in [2.24, 2.45) is 0 Å². The molecular weight excluding hydrogens is 444 g/mol. The highest BCUT2D eigenvalue weighted by molar-refractivity contribution is 7.13. The van der Waals surface area contributed by atoms with E-state index in [1.54, 1.807) is 23.6 Å². The Kier molecular flexibility index (Phi) is 6.02. The summed E-state index contributed by atoms with van der Waals surface area (Å²) in [6.45, 7) is 0.490. The molecule has 0 fully saturated rings. The molecule has 0 aliphatic heterocycles. The third kappa shape index (κ3) is 4.65. The quantitative estimate of drug-likeness (QED) is 0.211. The van der Waals surface area contributed by atoms with Gasteiger partial charge in [-0.25, -0.2) is 9.78 Å². The van der Waals surface area contributed by atoms with Crippen LogP contribution in [0.3, 0.4) is 0 Å². The van der Waals surface area contributed by atoms with Crippen molar-refractivity contribution in [1.82, 2.24) is 4.98 Å². The summed E-state index contributed by atoms with van der Waals surface area (Å²) in [7, 11) is 0. The minimum atomic E-state index is -0.451. The maximum Gasteiger partial charge on any atom is 0.346 e. The average Bonchev–Trinajstić information content (AvgIpc) is 3.37. The first-order valence-electron chi connectivity index (χ1n) is 10.6. The highest BCUT2D eigenvalue weighted by atomic mass is 32.1. The van der Waals surface area contributed by atoms with Crippen LogP contribution in [0.1, 0.15) is 16.8 Å². The first-order valence-corrected chi connectivity index (χ1v) is 11.5. The van der Waals surface area contributed by atoms with Gasteiger partial charge in [0.05, 0.1) is 16.8 Å². The van der Waals surface area contributed by atoms with E-state index in [9.17, 15) is 10.1 Å². The molecule has 0 atom stereocenters. The standard InChI is InChI=1S/C28H18N2O3S/c29-16-22(14-19-10-12-23(13-11-19)32-17-20-6-2-1-3-7-20)25-18-34-27(30-25)24-15-21-8-4-5-9-26(21)33-28(24)31/h1-15,18H,17H2/b22-14+. The van der Waals surface area contributed by atoms with E-state index in [2.05, 4.69) is 11.1 Å². The Labute approximate surface area is 199 Å². The molecule has 164 valence electrons. The van der Waals surface area contributed by atoms with Crippen LogP contribution in [-0.2, 0) is 6.61 Å². The Morgan fingerprint density at radius 3 is 2.59 bits per heavy atom. The zero-order valence-electron chi connectivity index (χ0n) is 18.0. The third-order valence-electron chi connectivity index (χ3n) is 5.21. The van der Waals surface area contributed by atoms with E-state index >= 15 is 0 Å². The van der Waals surface area contributed by atoms with Gasteiger partial charge in [0.1, 0.15) is 29.0 Å². The summed E-state index contributed by atoms with van der Waals surface area (Å²) in [6, 6.07) is 28.8. The van der Waals surface area contributed by atoms with Crippen LogP contribution in [0.4, 0.5) is 0 Å². The van der Waals surface area contributed by atoms with Crippen molar-refractivity contribution >= 4 is 34.0 Å². The van der Waals surface area contributed by atoms with E-state index in [1.165, 1.54) is 11.3 Å². The van der Waals surface area contributed by atoms with Gasteiger partial charge in [0.15, 0.2) is 0 Å². The smallest absolute Gasteiger partial charge is 0.346 e. The summed E-state index contributed by atoms with van der Waals surface area (Å²) < 4.78 is 11.2. The van der Waals surface area contributed by atoms with Crippen molar-refractivity contribution in [2.45, 2.75) is 6.61 Å². The van der Waals surface area contributed by atoms with Crippen LogP contribution in [0, 0.1) is 11.3 Å². The molecule has 0 saturated carbocycles. The molecule has 3 aromatic carbocycles. The lowest BCUT2D eigenvalue weighted by molar-refractivity contribution is 0.306. The molecule has 0 spiro atoms. The van der Waals surface area contributed by atoms with Gasteiger partial charge in [0.25, 0.3) is 0 Å². The van der Waals surface area contributed by atoms with E-state index in [4.69, 9.17) is 9.15 Å². The van der Waals surface area contributed by atoms with Crippen molar-refractivity contribution in [3.63, 3.8) is 0 Å². The number of allylic oxidation sites excluding steroid dienone is 1. The Morgan fingerprint density at radius 2 is 1.79 bits per heavy atom. The fraction of sp³-hybridized carbons (Fsp3) is 0.0357. The second-order valence-corrected chi connectivity index (χ2v) is 8.39. The molecule has 6 heteroatoms. The van der Waals surface area contributed by atoms with Gasteiger partial charge < -0.3 is 9.15 Å². The summed E-state index contributed by atoms with van der Waals surface area (Å²) in [6.07, 6.45) is 1.77. The normalized spacial score (nSPS) is 11.3. The molecule has 0 amide bonds. The minimum absolute atomic E-state index is 0.382. The molecule has 5 nitrogen and oxygen atoms in total. The lowest BCUT2D eigenvalue weighted by atomic mass is 10.1. The monoisotopic (exact) mass is 462 g/mol. The summed E-state index contributed by atoms with van der Waals surface area (Å²) in [4.78, 5) is 17.0. The number of benzene rings is 3. The number of ether oxygens (including phenoxy) is 1. The molecule has 0 saturated heterocycles. The van der Waals surface area contributed by atoms with E-state index in [1.807, 2.05) is 72.8 Å². The average molecular weight is 463 g/mol. The molecule has 5 rings (SSSR count). The van der Waals surface area contributed by atoms with Crippen LogP contribution in [0.15, 0.2) is 99.5 Å². The maximum absolute atomic E-state index is 12.5. The van der Waals surface area contributed by atoms with Crippen LogP contribution < -0.4 is 10.4 Å². The fourth-order valence-corrected chi connectivity index (χ4v) is 4.29. The molecule has 0 aliphatic carbocycles. The van der Waals surface area contributed by atoms with Gasteiger partial charge in [-0.1, -0.05) is 60.7 Å². The van der Waals surface area contributed by atoms with Crippen LogP contribution >= 0.6 is 11.3 Å². The van der Waals surface area contributed by atoms with Crippen molar-refractivity contribution in [3.05, 3.63) is 118 Å². The molecule has 0 unspecified atom stereocenters. The van der Waals surface area contributed by atoms with Crippen molar-refractivity contribution in [1.29, 1.82) is 5.26 Å². The highest BCUT2D eigenvalue weighted by Gasteiger charge is 2.14. The second-order valence-electron chi connectivity index (χ2n) is 7.54. The molecule has 2 aromatic heterocycles. The number of aromatic nitrogens is 1. The Balaban J connectivity index is 1.36. The van der Waals surface area contributed by atoms with Gasteiger partial charge in [-0.2, -0.15) is 5.26 Å². The zero-order valence-corrected chi connectivity index (χ0v) is 18.8. The van der Waals surface area contributed by atoms with Gasteiger partial charge >= 0.3 is 5.63 Å². The summed E-state index contributed by atoms with van der Waals surface area (Å²) in [5, 5.41) is 12.8. The Bertz CT molecular complexity index is 1580. The van der Waals surface area contributed by atoms with Gasteiger partial charge in [-0.15, -0.1) is 11.3 Å². The largest absolute Gasteiger partial charge is 0.489 e. The number of fused-ring (bicyclic) bond motifs is 1. The van der Waals surface area contributed by atoms with E-state index in [-0.39, 0.29) is 0 Å². The zero-order chi connectivity index (χ0) is 23.3. The Hall–Kier alpha value is -4.47. The molecule has 0 radical (unpaired) electrons. The predicted octanol–water partition coefficient (Wildman–Crippen LogP) is 6.56. The second kappa shape index (κ2) is 9.57. The van der Waals surface area contributed by atoms with Crippen LogP contribution in [0.2, 0.25) is 0 Å². The number of para-hydroxylation sites is 1. The molecule has 0 N–H and O–H groups in total. The number of rotatable bonds is 6. The first kappa shape index (κ1) is 21.4. The molecule has 2 heterocycles. The van der Waals surface area contributed by atoms with Crippen LogP contribution in [-0.4, -0.2) is 4.98 Å². The molecular formula is C28H18N2O3S. The molecule has 34 heavy (non-hydrogen) atoms. The number of nitriles is 1. The van der Waals surface area contributed by atoms with Gasteiger partial charge in [-0.05, 0) is 41.5 Å². The van der Waals surface area contributed by atoms with Gasteiger partial charge in [0.2, 0.25) is 0 Å². The molecule has 0 aliphatic rings. The third-order valence-corrected chi connectivity index (χ3v) is 6.09. The van der Waals surface area contributed by atoms with E-state index in [0.717, 1.165) is 22.3 Å². The van der Waals surface area contributed by atoms with Crippen molar-refractivity contribution in [3.8, 4) is 22.4 Å². The topological polar surface area (TPSA) is 76.1 Å². The number of hydrogen-bond acceptors (Lipinski definition) is 6. The SMILES string of the molecule is N#C/C(=C\c1ccc(OCc2ccccc2)cc1)c1csc(-c2cc3ccccc3oc2=O)n1. The van der Waals surface area contributed by atoms with Gasteiger partial charge in [-0.3, -0.25) is 0 Å². The fourth-order valence-electron chi connectivity index (χ4n) is 3.46. The lowest BCUT2D eigenvalue weighted by Gasteiger charge is -2.06. The van der Waals surface area contributed by atoms with Gasteiger partial charge in [0, 0.05) is 10.8 Å². The maximum atomic E-state index is 12.5. The predicted molar refractivity (Wildman–Crippen MR) is 134 cm³/mol.